The molecule has 0 rings (SSSR count). The molecule has 2 amide bonds. The predicted molar refractivity (Wildman–Crippen MR) is 85.2 cm³/mol. The average molecular weight is 314 g/mol. The highest BCUT2D eigenvalue weighted by Gasteiger charge is 2.20. The van der Waals surface area contributed by atoms with Crippen LogP contribution < -0.4 is 11.1 Å². The molecule has 128 valence electrons. The van der Waals surface area contributed by atoms with Crippen molar-refractivity contribution in [2.75, 3.05) is 0 Å². The zero-order valence-corrected chi connectivity index (χ0v) is 13.6. The molecule has 0 aliphatic carbocycles. The van der Waals surface area contributed by atoms with Crippen LogP contribution in [0.3, 0.4) is 0 Å². The zero-order valence-electron chi connectivity index (χ0n) is 13.6. The number of hydrogen-bond acceptors (Lipinski definition) is 3. The second-order valence-electron chi connectivity index (χ2n) is 5.69. The maximum absolute atomic E-state index is 11.7. The molecule has 0 spiro atoms. The summed E-state index contributed by atoms with van der Waals surface area (Å²) in [5, 5.41) is 11.4. The van der Waals surface area contributed by atoms with Gasteiger partial charge in [-0.25, -0.2) is 4.79 Å². The number of nitrogens with two attached hydrogens (primary N) is 1. The molecule has 0 aliphatic heterocycles. The van der Waals surface area contributed by atoms with Crippen LogP contribution in [0, 0.1) is 0 Å². The Morgan fingerprint density at radius 1 is 0.955 bits per heavy atom. The van der Waals surface area contributed by atoms with Gasteiger partial charge in [-0.15, -0.1) is 0 Å². The van der Waals surface area contributed by atoms with E-state index in [1.807, 2.05) is 0 Å². The highest BCUT2D eigenvalue weighted by molar-refractivity contribution is 5.84. The molecule has 0 aromatic carbocycles. The summed E-state index contributed by atoms with van der Waals surface area (Å²) in [5.41, 5.74) is 4.98. The number of hydrogen-bond donors (Lipinski definition) is 3. The van der Waals surface area contributed by atoms with Crippen molar-refractivity contribution in [3.05, 3.63) is 0 Å². The predicted octanol–water partition coefficient (Wildman–Crippen LogP) is 2.35. The Labute approximate surface area is 132 Å². The Morgan fingerprint density at radius 2 is 1.50 bits per heavy atom. The first-order valence-corrected chi connectivity index (χ1v) is 8.27. The van der Waals surface area contributed by atoms with Crippen LogP contribution in [0.2, 0.25) is 0 Å². The average Bonchev–Trinajstić information content (AvgIpc) is 2.45. The normalized spacial score (nSPS) is 11.9. The Kier molecular flexibility index (Phi) is 12.2. The van der Waals surface area contributed by atoms with E-state index in [9.17, 15) is 14.4 Å². The molecule has 1 atom stereocenters. The second-order valence-corrected chi connectivity index (χ2v) is 5.69. The van der Waals surface area contributed by atoms with E-state index in [1.165, 1.54) is 32.1 Å². The molecule has 0 saturated heterocycles. The third-order valence-electron chi connectivity index (χ3n) is 3.57. The Morgan fingerprint density at radius 3 is 2.00 bits per heavy atom. The maximum atomic E-state index is 11.7. The van der Waals surface area contributed by atoms with E-state index >= 15 is 0 Å². The fourth-order valence-corrected chi connectivity index (χ4v) is 2.23. The highest BCUT2D eigenvalue weighted by atomic mass is 16.4. The monoisotopic (exact) mass is 314 g/mol. The van der Waals surface area contributed by atoms with Crippen LogP contribution in [-0.4, -0.2) is 28.9 Å². The number of primary amides is 1. The largest absolute Gasteiger partial charge is 0.480 e. The Balaban J connectivity index is 3.72. The van der Waals surface area contributed by atoms with Gasteiger partial charge >= 0.3 is 5.97 Å². The van der Waals surface area contributed by atoms with E-state index in [2.05, 4.69) is 12.2 Å². The lowest BCUT2D eigenvalue weighted by atomic mass is 10.1. The summed E-state index contributed by atoms with van der Waals surface area (Å²) in [4.78, 5) is 33.3. The molecular weight excluding hydrogens is 284 g/mol. The van der Waals surface area contributed by atoms with Crippen LogP contribution in [0.15, 0.2) is 0 Å². The van der Waals surface area contributed by atoms with Gasteiger partial charge in [0.25, 0.3) is 0 Å². The van der Waals surface area contributed by atoms with Crippen LogP contribution in [0.1, 0.15) is 77.6 Å². The van der Waals surface area contributed by atoms with Gasteiger partial charge in [0.05, 0.1) is 0 Å². The first kappa shape index (κ1) is 20.4. The zero-order chi connectivity index (χ0) is 16.8. The van der Waals surface area contributed by atoms with Crippen molar-refractivity contribution in [1.29, 1.82) is 0 Å². The van der Waals surface area contributed by atoms with E-state index in [4.69, 9.17) is 10.8 Å². The molecule has 0 fully saturated rings. The van der Waals surface area contributed by atoms with Gasteiger partial charge in [-0.05, 0) is 12.8 Å². The van der Waals surface area contributed by atoms with Crippen molar-refractivity contribution >= 4 is 17.8 Å². The molecule has 0 aliphatic rings. The Bertz CT molecular complexity index is 345. The fraction of sp³-hybridized carbons (Fsp3) is 0.812. The van der Waals surface area contributed by atoms with Crippen molar-refractivity contribution in [2.24, 2.45) is 5.73 Å². The summed E-state index contributed by atoms with van der Waals surface area (Å²) in [6.07, 6.45) is 9.41. The molecule has 0 radical (unpaired) electrons. The van der Waals surface area contributed by atoms with E-state index in [0.29, 0.717) is 6.42 Å². The molecule has 0 heterocycles. The number of aliphatic carboxylic acids is 1. The number of carboxylic acids is 1. The summed E-state index contributed by atoms with van der Waals surface area (Å²) < 4.78 is 0. The van der Waals surface area contributed by atoms with Crippen LogP contribution in [-0.2, 0) is 14.4 Å². The minimum Gasteiger partial charge on any atom is -0.480 e. The standard InChI is InChI=1S/C16H30N2O4/c1-2-3-4-5-6-7-8-9-10-15(20)18-13(16(21)22)11-12-14(17)19/h13H,2-12H2,1H3,(H2,17,19)(H,18,20)(H,21,22). The fourth-order valence-electron chi connectivity index (χ4n) is 2.23. The van der Waals surface area contributed by atoms with E-state index in [-0.39, 0.29) is 18.7 Å². The maximum Gasteiger partial charge on any atom is 0.326 e. The van der Waals surface area contributed by atoms with Crippen LogP contribution in [0.4, 0.5) is 0 Å². The van der Waals surface area contributed by atoms with Gasteiger partial charge in [0, 0.05) is 12.8 Å². The number of carbonyl (C=O) groups is 3. The Hall–Kier alpha value is -1.59. The molecule has 22 heavy (non-hydrogen) atoms. The molecule has 6 nitrogen and oxygen atoms in total. The molecule has 1 unspecified atom stereocenters. The second kappa shape index (κ2) is 13.1. The molecular formula is C16H30N2O4. The lowest BCUT2D eigenvalue weighted by Crippen LogP contribution is -2.41. The molecule has 0 aromatic heterocycles. The van der Waals surface area contributed by atoms with Crippen molar-refractivity contribution in [3.8, 4) is 0 Å². The van der Waals surface area contributed by atoms with Crippen LogP contribution in [0.5, 0.6) is 0 Å². The quantitative estimate of drug-likeness (QED) is 0.427. The summed E-state index contributed by atoms with van der Waals surface area (Å²) in [6, 6.07) is -1.03. The van der Waals surface area contributed by atoms with Crippen LogP contribution in [0.25, 0.3) is 0 Å². The van der Waals surface area contributed by atoms with Crippen molar-refractivity contribution in [3.63, 3.8) is 0 Å². The topological polar surface area (TPSA) is 109 Å². The van der Waals surface area contributed by atoms with Crippen molar-refractivity contribution in [2.45, 2.75) is 83.6 Å². The SMILES string of the molecule is CCCCCCCCCCC(=O)NC(CCC(N)=O)C(=O)O. The lowest BCUT2D eigenvalue weighted by Gasteiger charge is -2.13. The number of unbranched alkanes of at least 4 members (excludes halogenated alkanes) is 7. The molecule has 0 aromatic rings. The summed E-state index contributed by atoms with van der Waals surface area (Å²) in [6.45, 7) is 2.19. The third kappa shape index (κ3) is 12.2. The van der Waals surface area contributed by atoms with Gasteiger partial charge in [0.2, 0.25) is 11.8 Å². The van der Waals surface area contributed by atoms with Crippen molar-refractivity contribution in [1.82, 2.24) is 5.32 Å². The lowest BCUT2D eigenvalue weighted by molar-refractivity contribution is -0.142. The van der Waals surface area contributed by atoms with Gasteiger partial charge in [-0.2, -0.15) is 0 Å². The van der Waals surface area contributed by atoms with Gasteiger partial charge in [-0.1, -0.05) is 51.9 Å². The molecule has 0 bridgehead atoms. The van der Waals surface area contributed by atoms with Crippen LogP contribution >= 0.6 is 0 Å². The number of rotatable bonds is 14. The molecule has 6 heteroatoms. The first-order chi connectivity index (χ1) is 10.5. The molecule has 0 saturated carbocycles. The molecule has 4 N–H and O–H groups in total. The smallest absolute Gasteiger partial charge is 0.326 e. The summed E-state index contributed by atoms with van der Waals surface area (Å²) in [7, 11) is 0. The van der Waals surface area contributed by atoms with E-state index < -0.39 is 17.9 Å². The minimum atomic E-state index is -1.13. The minimum absolute atomic E-state index is 0.0356. The number of carbonyl (C=O) groups excluding carboxylic acids is 2. The van der Waals surface area contributed by atoms with Gasteiger partial charge in [-0.3, -0.25) is 9.59 Å². The summed E-state index contributed by atoms with van der Waals surface area (Å²) >= 11 is 0. The highest BCUT2D eigenvalue weighted by Crippen LogP contribution is 2.09. The number of carboxylic acid groups (broad SMARTS) is 1. The third-order valence-corrected chi connectivity index (χ3v) is 3.57. The van der Waals surface area contributed by atoms with Crippen molar-refractivity contribution < 1.29 is 19.5 Å². The number of amides is 2. The first-order valence-electron chi connectivity index (χ1n) is 8.27. The van der Waals surface area contributed by atoms with E-state index in [1.54, 1.807) is 0 Å². The summed E-state index contributed by atoms with van der Waals surface area (Å²) in [5.74, 6) is -1.98. The van der Waals surface area contributed by atoms with Gasteiger partial charge in [0.1, 0.15) is 6.04 Å². The van der Waals surface area contributed by atoms with Gasteiger partial charge in [0.15, 0.2) is 0 Å². The van der Waals surface area contributed by atoms with Gasteiger partial charge < -0.3 is 16.2 Å². The number of nitrogens with one attached hydrogen (secondary N) is 1. The van der Waals surface area contributed by atoms with E-state index in [0.717, 1.165) is 19.3 Å².